The average molecular weight is 300 g/mol. The molecule has 0 aliphatic carbocycles. The lowest BCUT2D eigenvalue weighted by molar-refractivity contribution is -0.134. The van der Waals surface area contributed by atoms with Crippen molar-refractivity contribution >= 4 is 33.3 Å². The molecule has 8 heteroatoms. The highest BCUT2D eigenvalue weighted by atomic mass is 32.2. The van der Waals surface area contributed by atoms with Gasteiger partial charge in [-0.1, -0.05) is 19.9 Å². The Labute approximate surface area is 117 Å². The van der Waals surface area contributed by atoms with Crippen molar-refractivity contribution in [1.82, 2.24) is 0 Å². The highest BCUT2D eigenvalue weighted by Gasteiger charge is 2.15. The summed E-state index contributed by atoms with van der Waals surface area (Å²) in [5, 5.41) is 11.1. The number of carbonyl (C=O) groups excluding carboxylic acids is 1. The van der Waals surface area contributed by atoms with Crippen LogP contribution in [0.15, 0.2) is 24.3 Å². The molecular weight excluding hydrogens is 284 g/mol. The Bertz CT molecular complexity index is 610. The van der Waals surface area contributed by atoms with Gasteiger partial charge in [0.1, 0.15) is 0 Å². The lowest BCUT2D eigenvalue weighted by Crippen LogP contribution is -2.22. The first-order chi connectivity index (χ1) is 9.19. The van der Waals surface area contributed by atoms with Crippen molar-refractivity contribution < 1.29 is 23.1 Å². The normalized spacial score (nSPS) is 11.2. The fourth-order valence-electron chi connectivity index (χ4n) is 1.33. The summed E-state index contributed by atoms with van der Waals surface area (Å²) in [6.07, 6.45) is 0. The van der Waals surface area contributed by atoms with Crippen LogP contribution in [0.2, 0.25) is 0 Å². The van der Waals surface area contributed by atoms with E-state index in [0.717, 1.165) is 0 Å². The minimum Gasteiger partial charge on any atom is -0.480 e. The number of carboxylic acids is 1. The number of aliphatic carboxylic acids is 1. The van der Waals surface area contributed by atoms with Crippen molar-refractivity contribution in [3.8, 4) is 0 Å². The van der Waals surface area contributed by atoms with Gasteiger partial charge in [-0.15, -0.1) is 0 Å². The van der Waals surface area contributed by atoms with Crippen molar-refractivity contribution in [2.75, 3.05) is 15.8 Å². The van der Waals surface area contributed by atoms with Crippen LogP contribution in [0.4, 0.5) is 11.4 Å². The van der Waals surface area contributed by atoms with Gasteiger partial charge in [0.25, 0.3) is 0 Å². The maximum Gasteiger partial charge on any atom is 0.320 e. The van der Waals surface area contributed by atoms with Crippen molar-refractivity contribution in [2.24, 2.45) is 5.92 Å². The highest BCUT2D eigenvalue weighted by molar-refractivity contribution is 7.93. The summed E-state index contributed by atoms with van der Waals surface area (Å²) in [6, 6.07) is 6.04. The number of sulfonamides is 1. The number of amides is 1. The SMILES string of the molecule is CC(C)C(=O)Nc1cccc(NS(=O)(=O)CC(=O)O)c1. The van der Waals surface area contributed by atoms with Crippen LogP contribution in [0.1, 0.15) is 13.8 Å². The van der Waals surface area contributed by atoms with Crippen LogP contribution in [0.25, 0.3) is 0 Å². The number of anilines is 2. The topological polar surface area (TPSA) is 113 Å². The van der Waals surface area contributed by atoms with E-state index in [1.165, 1.54) is 12.1 Å². The lowest BCUT2D eigenvalue weighted by Gasteiger charge is -2.10. The third-order valence-corrected chi connectivity index (χ3v) is 3.42. The molecule has 20 heavy (non-hydrogen) atoms. The first kappa shape index (κ1) is 16.0. The predicted molar refractivity (Wildman–Crippen MR) is 75.0 cm³/mol. The van der Waals surface area contributed by atoms with E-state index in [1.54, 1.807) is 26.0 Å². The Kier molecular flexibility index (Phi) is 5.09. The first-order valence-corrected chi connectivity index (χ1v) is 7.48. The van der Waals surface area contributed by atoms with Crippen molar-refractivity contribution in [1.29, 1.82) is 0 Å². The largest absolute Gasteiger partial charge is 0.480 e. The van der Waals surface area contributed by atoms with E-state index in [2.05, 4.69) is 10.0 Å². The maximum absolute atomic E-state index is 11.5. The molecule has 0 bridgehead atoms. The average Bonchev–Trinajstić information content (AvgIpc) is 2.26. The van der Waals surface area contributed by atoms with Crippen LogP contribution in [-0.2, 0) is 19.6 Å². The zero-order chi connectivity index (χ0) is 15.3. The summed E-state index contributed by atoms with van der Waals surface area (Å²) in [6.45, 7) is 3.46. The Morgan fingerprint density at radius 3 is 2.40 bits per heavy atom. The molecule has 1 aromatic rings. The molecule has 1 rings (SSSR count). The van der Waals surface area contributed by atoms with E-state index >= 15 is 0 Å². The van der Waals surface area contributed by atoms with E-state index in [1.807, 2.05) is 0 Å². The molecule has 0 radical (unpaired) electrons. The molecule has 1 amide bonds. The summed E-state index contributed by atoms with van der Waals surface area (Å²) >= 11 is 0. The second-order valence-corrected chi connectivity index (χ2v) is 6.20. The standard InChI is InChI=1S/C12H16N2O5S/c1-8(2)12(17)13-9-4-3-5-10(6-9)14-20(18,19)7-11(15)16/h3-6,8,14H,7H2,1-2H3,(H,13,17)(H,15,16). The van der Waals surface area contributed by atoms with Gasteiger partial charge in [0.05, 0.1) is 5.69 Å². The van der Waals surface area contributed by atoms with Gasteiger partial charge in [-0.3, -0.25) is 14.3 Å². The predicted octanol–water partition coefficient (Wildman–Crippen LogP) is 1.11. The van der Waals surface area contributed by atoms with Gasteiger partial charge in [-0.05, 0) is 18.2 Å². The number of hydrogen-bond acceptors (Lipinski definition) is 4. The van der Waals surface area contributed by atoms with Crippen LogP contribution >= 0.6 is 0 Å². The van der Waals surface area contributed by atoms with Gasteiger partial charge in [0.15, 0.2) is 5.75 Å². The van der Waals surface area contributed by atoms with Gasteiger partial charge in [-0.25, -0.2) is 8.42 Å². The second-order valence-electron chi connectivity index (χ2n) is 4.48. The summed E-state index contributed by atoms with van der Waals surface area (Å²) in [5.74, 6) is -2.87. The molecule has 0 fully saturated rings. The summed E-state index contributed by atoms with van der Waals surface area (Å²) in [5.41, 5.74) is 0.618. The molecule has 1 aromatic carbocycles. The van der Waals surface area contributed by atoms with Gasteiger partial charge in [-0.2, -0.15) is 0 Å². The number of carboxylic acid groups (broad SMARTS) is 1. The van der Waals surface area contributed by atoms with E-state index in [4.69, 9.17) is 5.11 Å². The monoisotopic (exact) mass is 300 g/mol. The molecule has 0 heterocycles. The first-order valence-electron chi connectivity index (χ1n) is 5.83. The molecule has 3 N–H and O–H groups in total. The van der Waals surface area contributed by atoms with Crippen LogP contribution < -0.4 is 10.0 Å². The molecule has 0 saturated carbocycles. The van der Waals surface area contributed by atoms with Crippen LogP contribution in [0, 0.1) is 5.92 Å². The molecule has 0 unspecified atom stereocenters. The number of benzene rings is 1. The Morgan fingerprint density at radius 2 is 1.85 bits per heavy atom. The van der Waals surface area contributed by atoms with E-state index < -0.39 is 21.7 Å². The number of nitrogens with one attached hydrogen (secondary N) is 2. The number of rotatable bonds is 6. The van der Waals surface area contributed by atoms with Crippen molar-refractivity contribution in [2.45, 2.75) is 13.8 Å². The van der Waals surface area contributed by atoms with Crippen LogP contribution in [0.3, 0.4) is 0 Å². The zero-order valence-corrected chi connectivity index (χ0v) is 11.9. The fourth-order valence-corrected chi connectivity index (χ4v) is 2.21. The van der Waals surface area contributed by atoms with Gasteiger partial charge < -0.3 is 10.4 Å². The van der Waals surface area contributed by atoms with Crippen LogP contribution in [0.5, 0.6) is 0 Å². The van der Waals surface area contributed by atoms with E-state index in [0.29, 0.717) is 5.69 Å². The second kappa shape index (κ2) is 6.38. The molecule has 0 aliphatic rings. The number of carbonyl (C=O) groups is 2. The molecule has 7 nitrogen and oxygen atoms in total. The summed E-state index contributed by atoms with van der Waals surface area (Å²) < 4.78 is 25.1. The molecule has 110 valence electrons. The Hall–Kier alpha value is -2.09. The van der Waals surface area contributed by atoms with Crippen molar-refractivity contribution in [3.05, 3.63) is 24.3 Å². The van der Waals surface area contributed by atoms with Crippen LogP contribution in [-0.4, -0.2) is 31.2 Å². The molecule has 0 aliphatic heterocycles. The maximum atomic E-state index is 11.5. The highest BCUT2D eigenvalue weighted by Crippen LogP contribution is 2.17. The Balaban J connectivity index is 2.83. The van der Waals surface area contributed by atoms with Gasteiger partial charge in [0.2, 0.25) is 15.9 Å². The summed E-state index contributed by atoms with van der Waals surface area (Å²) in [7, 11) is -3.96. The minimum absolute atomic E-state index is 0.188. The third-order valence-electron chi connectivity index (χ3n) is 2.24. The summed E-state index contributed by atoms with van der Waals surface area (Å²) in [4.78, 5) is 21.9. The third kappa shape index (κ3) is 5.27. The quantitative estimate of drug-likeness (QED) is 0.728. The van der Waals surface area contributed by atoms with Gasteiger partial charge >= 0.3 is 5.97 Å². The lowest BCUT2D eigenvalue weighted by atomic mass is 10.2. The van der Waals surface area contributed by atoms with Crippen molar-refractivity contribution in [3.63, 3.8) is 0 Å². The van der Waals surface area contributed by atoms with E-state index in [9.17, 15) is 18.0 Å². The molecular formula is C12H16N2O5S. The van der Waals surface area contributed by atoms with E-state index in [-0.39, 0.29) is 17.5 Å². The molecule has 0 saturated heterocycles. The minimum atomic E-state index is -3.96. The smallest absolute Gasteiger partial charge is 0.320 e. The fraction of sp³-hybridized carbons (Fsp3) is 0.333. The van der Waals surface area contributed by atoms with Gasteiger partial charge in [0, 0.05) is 11.6 Å². The molecule has 0 spiro atoms. The molecule has 0 atom stereocenters. The molecule has 0 aromatic heterocycles. The zero-order valence-electron chi connectivity index (χ0n) is 11.1. The Morgan fingerprint density at radius 1 is 1.25 bits per heavy atom. The number of hydrogen-bond donors (Lipinski definition) is 3.